The lowest BCUT2D eigenvalue weighted by Crippen LogP contribution is -1.92. The molecule has 0 saturated heterocycles. The highest BCUT2D eigenvalue weighted by atomic mass is 35.5. The van der Waals surface area contributed by atoms with Crippen LogP contribution in [0.2, 0.25) is 5.02 Å². The zero-order chi connectivity index (χ0) is 18.2. The van der Waals surface area contributed by atoms with Crippen molar-refractivity contribution in [2.45, 2.75) is 12.8 Å². The number of allylic oxidation sites excluding steroid dienone is 1. The molecule has 0 spiro atoms. The second-order valence-electron chi connectivity index (χ2n) is 5.95. The number of hydrogen-bond acceptors (Lipinski definition) is 2. The third-order valence-corrected chi connectivity index (χ3v) is 4.48. The van der Waals surface area contributed by atoms with Gasteiger partial charge >= 0.3 is 0 Å². The first-order valence-corrected chi connectivity index (χ1v) is 8.82. The van der Waals surface area contributed by atoms with E-state index in [0.29, 0.717) is 6.47 Å². The van der Waals surface area contributed by atoms with Gasteiger partial charge in [0.1, 0.15) is 0 Å². The van der Waals surface area contributed by atoms with Crippen molar-refractivity contribution in [3.05, 3.63) is 101 Å². The van der Waals surface area contributed by atoms with Crippen LogP contribution in [0.4, 0.5) is 0 Å². The molecule has 0 radical (unpaired) electrons. The van der Waals surface area contributed by atoms with Gasteiger partial charge in [-0.2, -0.15) is 0 Å². The molecule has 0 saturated carbocycles. The Hall–Kier alpha value is -2.84. The largest absolute Gasteiger partial charge is 0.436 e. The van der Waals surface area contributed by atoms with Crippen LogP contribution in [0.5, 0.6) is 0 Å². The lowest BCUT2D eigenvalue weighted by atomic mass is 9.97. The summed E-state index contributed by atoms with van der Waals surface area (Å²) in [6.45, 7) is 0.445. The summed E-state index contributed by atoms with van der Waals surface area (Å²) in [4.78, 5) is 10.6. The van der Waals surface area contributed by atoms with Crippen LogP contribution in [-0.2, 0) is 16.0 Å². The molecule has 0 unspecified atom stereocenters. The molecule has 0 heterocycles. The van der Waals surface area contributed by atoms with E-state index in [4.69, 9.17) is 16.3 Å². The molecule has 3 aromatic rings. The summed E-state index contributed by atoms with van der Waals surface area (Å²) in [6.07, 6.45) is 3.13. The van der Waals surface area contributed by atoms with Crippen LogP contribution < -0.4 is 0 Å². The van der Waals surface area contributed by atoms with Crippen LogP contribution in [-0.4, -0.2) is 6.47 Å². The zero-order valence-corrected chi connectivity index (χ0v) is 15.0. The molecule has 3 rings (SSSR count). The molecule has 0 atom stereocenters. The maximum Gasteiger partial charge on any atom is 0.297 e. The van der Waals surface area contributed by atoms with E-state index in [-0.39, 0.29) is 0 Å². The van der Waals surface area contributed by atoms with Gasteiger partial charge in [-0.25, -0.2) is 0 Å². The second-order valence-corrected chi connectivity index (χ2v) is 6.38. The van der Waals surface area contributed by atoms with Crippen LogP contribution in [0.25, 0.3) is 16.7 Å². The standard InChI is InChI=1S/C23H19ClO2/c24-23-14-7-18(8-15-23)6-9-22(16-26-17-25)21-12-10-20(11-13-21)19-4-2-1-3-5-19/h1-5,7-8,10-17H,6,9H2. The molecular weight excluding hydrogens is 344 g/mol. The van der Waals surface area contributed by atoms with Crippen LogP contribution in [0.15, 0.2) is 85.1 Å². The fourth-order valence-corrected chi connectivity index (χ4v) is 2.94. The number of benzene rings is 3. The quantitative estimate of drug-likeness (QED) is 0.372. The molecule has 0 bridgehead atoms. The SMILES string of the molecule is O=COC=C(CCc1ccc(Cl)cc1)c1ccc(-c2ccccc2)cc1. The minimum Gasteiger partial charge on any atom is -0.436 e. The molecule has 3 heteroatoms. The summed E-state index contributed by atoms with van der Waals surface area (Å²) >= 11 is 5.93. The van der Waals surface area contributed by atoms with E-state index in [9.17, 15) is 4.79 Å². The van der Waals surface area contributed by atoms with Gasteiger partial charge in [0.05, 0.1) is 6.26 Å². The van der Waals surface area contributed by atoms with Crippen molar-refractivity contribution in [2.24, 2.45) is 0 Å². The van der Waals surface area contributed by atoms with E-state index in [1.54, 1.807) is 0 Å². The monoisotopic (exact) mass is 362 g/mol. The molecule has 0 aliphatic heterocycles. The van der Waals surface area contributed by atoms with Gasteiger partial charge in [0.15, 0.2) is 0 Å². The summed E-state index contributed by atoms with van der Waals surface area (Å²) in [5.41, 5.74) is 5.54. The molecule has 0 N–H and O–H groups in total. The number of hydrogen-bond donors (Lipinski definition) is 0. The third-order valence-electron chi connectivity index (χ3n) is 4.22. The molecule has 26 heavy (non-hydrogen) atoms. The molecular formula is C23H19ClO2. The summed E-state index contributed by atoms with van der Waals surface area (Å²) in [7, 11) is 0. The van der Waals surface area contributed by atoms with Gasteiger partial charge in [0.2, 0.25) is 0 Å². The highest BCUT2D eigenvalue weighted by Gasteiger charge is 2.05. The normalized spacial score (nSPS) is 11.2. The molecule has 0 aliphatic carbocycles. The predicted molar refractivity (Wildman–Crippen MR) is 107 cm³/mol. The summed E-state index contributed by atoms with van der Waals surface area (Å²) in [5.74, 6) is 0. The Labute approximate surface area is 158 Å². The Kier molecular flexibility index (Phi) is 6.24. The van der Waals surface area contributed by atoms with Crippen molar-refractivity contribution in [1.29, 1.82) is 0 Å². The Balaban J connectivity index is 1.76. The Morgan fingerprint density at radius 3 is 2.15 bits per heavy atom. The highest BCUT2D eigenvalue weighted by Crippen LogP contribution is 2.25. The average Bonchev–Trinajstić information content (AvgIpc) is 2.70. The zero-order valence-electron chi connectivity index (χ0n) is 14.3. The van der Waals surface area contributed by atoms with E-state index in [2.05, 4.69) is 36.4 Å². The summed E-state index contributed by atoms with van der Waals surface area (Å²) in [6, 6.07) is 26.3. The summed E-state index contributed by atoms with van der Waals surface area (Å²) in [5, 5.41) is 0.727. The van der Waals surface area contributed by atoms with Crippen molar-refractivity contribution in [2.75, 3.05) is 0 Å². The minimum atomic E-state index is 0.445. The van der Waals surface area contributed by atoms with Crippen LogP contribution in [0, 0.1) is 0 Å². The number of ether oxygens (including phenoxy) is 1. The Morgan fingerprint density at radius 2 is 1.50 bits per heavy atom. The first-order chi connectivity index (χ1) is 12.8. The van der Waals surface area contributed by atoms with Crippen molar-refractivity contribution >= 4 is 23.6 Å². The van der Waals surface area contributed by atoms with Crippen LogP contribution in [0.1, 0.15) is 17.5 Å². The van der Waals surface area contributed by atoms with Gasteiger partial charge in [-0.3, -0.25) is 4.79 Å². The summed E-state index contributed by atoms with van der Waals surface area (Å²) < 4.78 is 4.91. The Bertz CT molecular complexity index is 866. The molecule has 2 nitrogen and oxygen atoms in total. The lowest BCUT2D eigenvalue weighted by molar-refractivity contribution is -0.123. The number of carbonyl (C=O) groups is 1. The van der Waals surface area contributed by atoms with Crippen molar-refractivity contribution in [3.8, 4) is 11.1 Å². The highest BCUT2D eigenvalue weighted by molar-refractivity contribution is 6.30. The van der Waals surface area contributed by atoms with E-state index in [1.807, 2.05) is 42.5 Å². The topological polar surface area (TPSA) is 26.3 Å². The van der Waals surface area contributed by atoms with E-state index in [1.165, 1.54) is 17.4 Å². The van der Waals surface area contributed by atoms with Crippen molar-refractivity contribution in [1.82, 2.24) is 0 Å². The van der Waals surface area contributed by atoms with E-state index < -0.39 is 0 Å². The second kappa shape index (κ2) is 9.02. The van der Waals surface area contributed by atoms with Crippen LogP contribution in [0.3, 0.4) is 0 Å². The van der Waals surface area contributed by atoms with Gasteiger partial charge < -0.3 is 4.74 Å². The Morgan fingerprint density at radius 1 is 0.846 bits per heavy atom. The van der Waals surface area contributed by atoms with Crippen molar-refractivity contribution < 1.29 is 9.53 Å². The smallest absolute Gasteiger partial charge is 0.297 e. The first kappa shape index (κ1) is 18.0. The van der Waals surface area contributed by atoms with Gasteiger partial charge in [-0.15, -0.1) is 0 Å². The average molecular weight is 363 g/mol. The first-order valence-electron chi connectivity index (χ1n) is 8.45. The number of rotatable bonds is 7. The molecule has 0 aliphatic rings. The fraction of sp³-hybridized carbons (Fsp3) is 0.0870. The maximum atomic E-state index is 10.6. The van der Waals surface area contributed by atoms with Crippen molar-refractivity contribution in [3.63, 3.8) is 0 Å². The molecule has 3 aromatic carbocycles. The predicted octanol–water partition coefficient (Wildman–Crippen LogP) is 6.15. The van der Waals surface area contributed by atoms with E-state index >= 15 is 0 Å². The van der Waals surface area contributed by atoms with Gasteiger partial charge in [0.25, 0.3) is 6.47 Å². The molecule has 0 fully saturated rings. The number of aryl methyl sites for hydroxylation is 1. The number of halogens is 1. The molecule has 0 amide bonds. The van der Waals surface area contributed by atoms with Gasteiger partial charge in [-0.05, 0) is 52.8 Å². The molecule has 130 valence electrons. The fourth-order valence-electron chi connectivity index (χ4n) is 2.82. The molecule has 0 aromatic heterocycles. The third kappa shape index (κ3) is 4.84. The number of carbonyl (C=O) groups excluding carboxylic acids is 1. The van der Waals surface area contributed by atoms with Gasteiger partial charge in [0, 0.05) is 5.02 Å². The van der Waals surface area contributed by atoms with E-state index in [0.717, 1.165) is 34.6 Å². The lowest BCUT2D eigenvalue weighted by Gasteiger charge is -2.09. The van der Waals surface area contributed by atoms with Crippen LogP contribution >= 0.6 is 11.6 Å². The maximum absolute atomic E-state index is 10.6. The minimum absolute atomic E-state index is 0.445. The van der Waals surface area contributed by atoms with Gasteiger partial charge in [-0.1, -0.05) is 78.3 Å².